The van der Waals surface area contributed by atoms with E-state index in [1.165, 1.54) is 36.2 Å². The largest absolute Gasteiger partial charge is 0.490 e. The Balaban J connectivity index is 1.56. The number of aryl methyl sites for hydroxylation is 1. The summed E-state index contributed by atoms with van der Waals surface area (Å²) >= 11 is 1.32. The van der Waals surface area contributed by atoms with Crippen molar-refractivity contribution >= 4 is 28.7 Å². The minimum atomic E-state index is -0.331. The molecule has 170 valence electrons. The van der Waals surface area contributed by atoms with Crippen molar-refractivity contribution in [3.8, 4) is 11.5 Å². The van der Waals surface area contributed by atoms with Gasteiger partial charge in [-0.3, -0.25) is 9.59 Å². The molecular formula is C24H29N3O4S. The van der Waals surface area contributed by atoms with E-state index in [9.17, 15) is 9.59 Å². The van der Waals surface area contributed by atoms with E-state index >= 15 is 0 Å². The van der Waals surface area contributed by atoms with E-state index in [0.717, 1.165) is 16.9 Å². The molecule has 1 aliphatic heterocycles. The minimum Gasteiger partial charge on any atom is -0.490 e. The quantitative estimate of drug-likeness (QED) is 0.618. The molecule has 0 spiro atoms. The second kappa shape index (κ2) is 10.5. The van der Waals surface area contributed by atoms with Crippen LogP contribution in [0.5, 0.6) is 11.5 Å². The van der Waals surface area contributed by atoms with E-state index in [2.05, 4.69) is 49.4 Å². The number of ether oxygens (including phenoxy) is 2. The molecule has 1 N–H and O–H groups in total. The second-order valence-electron chi connectivity index (χ2n) is 7.88. The molecule has 0 saturated carbocycles. The Hall–Kier alpha value is -3.00. The van der Waals surface area contributed by atoms with Gasteiger partial charge in [0.2, 0.25) is 11.8 Å². The first-order valence-electron chi connectivity index (χ1n) is 10.5. The second-order valence-corrected chi connectivity index (χ2v) is 8.95. The molecule has 2 amide bonds. The number of hydrazone groups is 1. The van der Waals surface area contributed by atoms with Gasteiger partial charge in [0.25, 0.3) is 0 Å². The Morgan fingerprint density at radius 2 is 1.78 bits per heavy atom. The van der Waals surface area contributed by atoms with Crippen LogP contribution in [0.15, 0.2) is 47.6 Å². The fourth-order valence-electron chi connectivity index (χ4n) is 3.26. The summed E-state index contributed by atoms with van der Waals surface area (Å²) in [6.45, 7) is 10.1. The van der Waals surface area contributed by atoms with Gasteiger partial charge >= 0.3 is 0 Å². The van der Waals surface area contributed by atoms with Crippen molar-refractivity contribution < 1.29 is 19.1 Å². The van der Waals surface area contributed by atoms with Crippen LogP contribution in [0.3, 0.4) is 0 Å². The van der Waals surface area contributed by atoms with Gasteiger partial charge in [0, 0.05) is 13.8 Å². The first-order valence-corrected chi connectivity index (χ1v) is 11.4. The number of thioether (sulfide) groups is 1. The van der Waals surface area contributed by atoms with Gasteiger partial charge in [0.05, 0.1) is 0 Å². The lowest BCUT2D eigenvalue weighted by molar-refractivity contribution is -0.129. The van der Waals surface area contributed by atoms with Crippen molar-refractivity contribution in [2.24, 2.45) is 5.10 Å². The third-order valence-electron chi connectivity index (χ3n) is 4.82. The van der Waals surface area contributed by atoms with Crippen LogP contribution in [0.25, 0.3) is 0 Å². The van der Waals surface area contributed by atoms with Crippen molar-refractivity contribution in [1.29, 1.82) is 0 Å². The van der Waals surface area contributed by atoms with Crippen LogP contribution in [-0.2, 0) is 9.59 Å². The summed E-state index contributed by atoms with van der Waals surface area (Å²) in [5.41, 5.74) is 3.24. The van der Waals surface area contributed by atoms with Crippen LogP contribution >= 0.6 is 11.8 Å². The summed E-state index contributed by atoms with van der Waals surface area (Å²) in [5, 5.41) is 8.30. The molecule has 8 heteroatoms. The molecule has 0 bridgehead atoms. The van der Waals surface area contributed by atoms with Crippen molar-refractivity contribution in [3.05, 3.63) is 59.2 Å². The summed E-state index contributed by atoms with van der Waals surface area (Å²) < 4.78 is 11.8. The Morgan fingerprint density at radius 1 is 1.09 bits per heavy atom. The van der Waals surface area contributed by atoms with E-state index in [0.29, 0.717) is 30.0 Å². The van der Waals surface area contributed by atoms with E-state index < -0.39 is 0 Å². The van der Waals surface area contributed by atoms with E-state index in [1.807, 2.05) is 24.3 Å². The zero-order chi connectivity index (χ0) is 23.3. The molecule has 3 rings (SSSR count). The molecule has 1 atom stereocenters. The molecule has 7 nitrogen and oxygen atoms in total. The van der Waals surface area contributed by atoms with Crippen molar-refractivity contribution in [3.63, 3.8) is 0 Å². The van der Waals surface area contributed by atoms with E-state index in [-0.39, 0.29) is 17.2 Å². The van der Waals surface area contributed by atoms with Crippen LogP contribution in [-0.4, -0.2) is 35.2 Å². The van der Waals surface area contributed by atoms with Gasteiger partial charge in [0.15, 0.2) is 5.17 Å². The van der Waals surface area contributed by atoms with Gasteiger partial charge < -0.3 is 14.8 Å². The Labute approximate surface area is 193 Å². The SMILES string of the molecule is CC(=O)NC1=NN(C(C)=O)[C@H](c2ccc(OCCOc3cc(C)ccc3C(C)C)cc2)S1. The lowest BCUT2D eigenvalue weighted by Gasteiger charge is -2.19. The van der Waals surface area contributed by atoms with Crippen LogP contribution in [0.1, 0.15) is 55.7 Å². The first kappa shape index (κ1) is 23.7. The number of carbonyl (C=O) groups excluding carboxylic acids is 2. The number of nitrogens with one attached hydrogen (secondary N) is 1. The normalized spacial score (nSPS) is 15.5. The number of amidine groups is 1. The average molecular weight is 456 g/mol. The molecule has 0 saturated heterocycles. The third kappa shape index (κ3) is 6.03. The fraction of sp³-hybridized carbons (Fsp3) is 0.375. The lowest BCUT2D eigenvalue weighted by Crippen LogP contribution is -2.25. The predicted molar refractivity (Wildman–Crippen MR) is 127 cm³/mol. The van der Waals surface area contributed by atoms with Crippen LogP contribution in [0.4, 0.5) is 0 Å². The first-order chi connectivity index (χ1) is 15.2. The molecule has 2 aromatic carbocycles. The molecule has 2 aromatic rings. The number of hydrogen-bond acceptors (Lipinski definition) is 6. The molecule has 0 radical (unpaired) electrons. The topological polar surface area (TPSA) is 80.2 Å². The maximum absolute atomic E-state index is 12.0. The molecular weight excluding hydrogens is 426 g/mol. The zero-order valence-corrected chi connectivity index (χ0v) is 19.9. The Kier molecular flexibility index (Phi) is 7.80. The van der Waals surface area contributed by atoms with Crippen molar-refractivity contribution in [2.45, 2.75) is 45.9 Å². The molecule has 0 aromatic heterocycles. The molecule has 1 aliphatic rings. The van der Waals surface area contributed by atoms with Crippen molar-refractivity contribution in [1.82, 2.24) is 10.3 Å². The Morgan fingerprint density at radius 3 is 2.41 bits per heavy atom. The maximum atomic E-state index is 12.0. The van der Waals surface area contributed by atoms with Gasteiger partial charge in [0.1, 0.15) is 30.1 Å². The number of amides is 2. The summed E-state index contributed by atoms with van der Waals surface area (Å²) in [4.78, 5) is 23.3. The number of hydrogen-bond donors (Lipinski definition) is 1. The van der Waals surface area contributed by atoms with Crippen molar-refractivity contribution in [2.75, 3.05) is 13.2 Å². The van der Waals surface area contributed by atoms with Gasteiger partial charge in [-0.15, -0.1) is 5.10 Å². The monoisotopic (exact) mass is 455 g/mol. The Bertz CT molecular complexity index is 1000. The maximum Gasteiger partial charge on any atom is 0.241 e. The van der Waals surface area contributed by atoms with Crippen LogP contribution in [0, 0.1) is 6.92 Å². The summed E-state index contributed by atoms with van der Waals surface area (Å²) in [6, 6.07) is 13.8. The van der Waals surface area contributed by atoms with Crippen LogP contribution < -0.4 is 14.8 Å². The van der Waals surface area contributed by atoms with E-state index in [4.69, 9.17) is 9.47 Å². The number of carbonyl (C=O) groups is 2. The molecule has 1 heterocycles. The average Bonchev–Trinajstić information content (AvgIpc) is 3.15. The third-order valence-corrected chi connectivity index (χ3v) is 5.92. The highest BCUT2D eigenvalue weighted by atomic mass is 32.2. The highest BCUT2D eigenvalue weighted by Gasteiger charge is 2.32. The van der Waals surface area contributed by atoms with Crippen LogP contribution in [0.2, 0.25) is 0 Å². The molecule has 0 aliphatic carbocycles. The zero-order valence-electron chi connectivity index (χ0n) is 19.0. The summed E-state index contributed by atoms with van der Waals surface area (Å²) in [5.74, 6) is 1.58. The summed E-state index contributed by atoms with van der Waals surface area (Å²) in [7, 11) is 0. The van der Waals surface area contributed by atoms with Gasteiger partial charge in [-0.05, 0) is 47.7 Å². The minimum absolute atomic E-state index is 0.197. The summed E-state index contributed by atoms with van der Waals surface area (Å²) in [6.07, 6.45) is 0. The standard InChI is InChI=1S/C24H29N3O4S/c1-15(2)21-11-6-16(3)14-22(21)31-13-12-30-20-9-7-19(8-10-20)23-27(18(5)29)26-24(32-23)25-17(4)28/h6-11,14-15,23H,12-13H2,1-5H3,(H,25,26,28)/t23-/m0/s1. The molecule has 0 unspecified atom stereocenters. The molecule has 32 heavy (non-hydrogen) atoms. The lowest BCUT2D eigenvalue weighted by atomic mass is 10.0. The highest BCUT2D eigenvalue weighted by Crippen LogP contribution is 2.39. The van der Waals surface area contributed by atoms with E-state index in [1.54, 1.807) is 0 Å². The fourth-order valence-corrected chi connectivity index (χ4v) is 4.40. The van der Waals surface area contributed by atoms with Gasteiger partial charge in [-0.25, -0.2) is 5.01 Å². The smallest absolute Gasteiger partial charge is 0.241 e. The van der Waals surface area contributed by atoms with Gasteiger partial charge in [-0.1, -0.05) is 49.9 Å². The molecule has 0 fully saturated rings. The number of benzene rings is 2. The predicted octanol–water partition coefficient (Wildman–Crippen LogP) is 4.58. The van der Waals surface area contributed by atoms with Gasteiger partial charge in [-0.2, -0.15) is 0 Å². The number of rotatable bonds is 7. The highest BCUT2D eigenvalue weighted by molar-refractivity contribution is 8.14. The number of nitrogens with zero attached hydrogens (tertiary/aromatic N) is 2.